The maximum atomic E-state index is 9.50. The van der Waals surface area contributed by atoms with Crippen molar-refractivity contribution in [1.82, 2.24) is 0 Å². The van der Waals surface area contributed by atoms with Gasteiger partial charge >= 0.3 is 0 Å². The molecule has 0 saturated carbocycles. The van der Waals surface area contributed by atoms with Crippen LogP contribution in [0.2, 0.25) is 0 Å². The number of rotatable bonds is 5. The van der Waals surface area contributed by atoms with Gasteiger partial charge in [-0.05, 0) is 26.7 Å². The summed E-state index contributed by atoms with van der Waals surface area (Å²) in [6.07, 6.45) is -0.940. The number of carbonyl (C=O) groups excluding carboxylic acids is 2. The van der Waals surface area contributed by atoms with E-state index in [1.165, 1.54) is 0 Å². The van der Waals surface area contributed by atoms with Crippen molar-refractivity contribution in [2.45, 2.75) is 26.7 Å². The van der Waals surface area contributed by atoms with E-state index >= 15 is 0 Å². The van der Waals surface area contributed by atoms with Gasteiger partial charge in [-0.2, -0.15) is 0 Å². The Morgan fingerprint density at radius 3 is 1.38 bits per heavy atom. The second-order valence-corrected chi connectivity index (χ2v) is 2.03. The lowest BCUT2D eigenvalue weighted by Gasteiger charge is -2.00. The summed E-state index contributed by atoms with van der Waals surface area (Å²) >= 11 is 0. The quantitative estimate of drug-likeness (QED) is 0.516. The maximum absolute atomic E-state index is 9.50. The van der Waals surface area contributed by atoms with E-state index in [-0.39, 0.29) is 0 Å². The van der Waals surface area contributed by atoms with Crippen LogP contribution in [0.5, 0.6) is 0 Å². The first-order valence-corrected chi connectivity index (χ1v) is 4.02. The number of aliphatic carboxylic acids is 2. The van der Waals surface area contributed by atoms with Crippen LogP contribution in [0.1, 0.15) is 26.7 Å². The van der Waals surface area contributed by atoms with Gasteiger partial charge in [-0.25, -0.2) is 0 Å². The standard InChI is InChI=1S/C4H6O4.C4H10O/c5-3(6)1-2-4(7)8;1-3-5-4-2/h1-2H2,(H,5,6)(H,7,8);3-4H2,1-2H3/p-2. The Labute approximate surface area is 77.3 Å². The molecule has 0 heterocycles. The molecule has 0 radical (unpaired) electrons. The van der Waals surface area contributed by atoms with Gasteiger partial charge in [0, 0.05) is 25.2 Å². The van der Waals surface area contributed by atoms with Crippen LogP contribution in [0.25, 0.3) is 0 Å². The summed E-state index contributed by atoms with van der Waals surface area (Å²) in [5.41, 5.74) is 0. The monoisotopic (exact) mass is 190 g/mol. The topological polar surface area (TPSA) is 89.5 Å². The predicted molar refractivity (Wildman–Crippen MR) is 41.4 cm³/mol. The van der Waals surface area contributed by atoms with E-state index in [4.69, 9.17) is 4.74 Å². The van der Waals surface area contributed by atoms with E-state index in [9.17, 15) is 19.8 Å². The molecule has 0 bridgehead atoms. The third-order valence-corrected chi connectivity index (χ3v) is 0.941. The number of hydrogen-bond donors (Lipinski definition) is 0. The fourth-order valence-corrected chi connectivity index (χ4v) is 0.408. The molecule has 0 unspecified atom stereocenters. The molecule has 0 rings (SSSR count). The van der Waals surface area contributed by atoms with Gasteiger partial charge in [0.2, 0.25) is 0 Å². The molecule has 0 aliphatic heterocycles. The molecule has 5 heteroatoms. The van der Waals surface area contributed by atoms with Crippen molar-refractivity contribution in [3.63, 3.8) is 0 Å². The van der Waals surface area contributed by atoms with Crippen LogP contribution < -0.4 is 10.2 Å². The third-order valence-electron chi connectivity index (χ3n) is 0.941. The summed E-state index contributed by atoms with van der Waals surface area (Å²) in [5, 5.41) is 19.0. The van der Waals surface area contributed by atoms with Crippen LogP contribution in [-0.4, -0.2) is 25.2 Å². The van der Waals surface area contributed by atoms with Crippen molar-refractivity contribution in [3.8, 4) is 0 Å². The summed E-state index contributed by atoms with van der Waals surface area (Å²) < 4.78 is 4.83. The first-order valence-electron chi connectivity index (χ1n) is 4.02. The number of carboxylic acid groups (broad SMARTS) is 2. The zero-order valence-electron chi connectivity index (χ0n) is 7.87. The molecule has 0 aromatic rings. The molecule has 13 heavy (non-hydrogen) atoms. The molecule has 0 atom stereocenters. The smallest absolute Gasteiger partial charge is 0.0437 e. The normalized spacial score (nSPS) is 8.46. The highest BCUT2D eigenvalue weighted by molar-refractivity contribution is 5.72. The average Bonchev–Trinajstić information content (AvgIpc) is 2.03. The molecule has 0 aliphatic rings. The van der Waals surface area contributed by atoms with Crippen LogP contribution in [0.4, 0.5) is 0 Å². The van der Waals surface area contributed by atoms with Crippen LogP contribution in [-0.2, 0) is 14.3 Å². The van der Waals surface area contributed by atoms with Gasteiger partial charge in [-0.15, -0.1) is 0 Å². The fourth-order valence-electron chi connectivity index (χ4n) is 0.408. The van der Waals surface area contributed by atoms with Crippen molar-refractivity contribution in [3.05, 3.63) is 0 Å². The molecular weight excluding hydrogens is 176 g/mol. The minimum Gasteiger partial charge on any atom is -0.550 e. The SMILES string of the molecule is CCOCC.O=C([O-])CCC(=O)[O-]. The molecule has 0 aliphatic carbocycles. The molecule has 0 amide bonds. The van der Waals surface area contributed by atoms with Gasteiger partial charge in [0.05, 0.1) is 0 Å². The minimum atomic E-state index is -1.37. The minimum absolute atomic E-state index is 0.470. The van der Waals surface area contributed by atoms with Crippen molar-refractivity contribution < 1.29 is 24.5 Å². The molecular formula is C8H14O5-2. The van der Waals surface area contributed by atoms with Crippen LogP contribution in [0, 0.1) is 0 Å². The van der Waals surface area contributed by atoms with Crippen molar-refractivity contribution >= 4 is 11.9 Å². The van der Waals surface area contributed by atoms with E-state index in [1.807, 2.05) is 13.8 Å². The first-order chi connectivity index (χ1) is 6.04. The van der Waals surface area contributed by atoms with Gasteiger partial charge in [0.1, 0.15) is 0 Å². The second-order valence-electron chi connectivity index (χ2n) is 2.03. The van der Waals surface area contributed by atoms with Crippen molar-refractivity contribution in [2.24, 2.45) is 0 Å². The maximum Gasteiger partial charge on any atom is 0.0437 e. The van der Waals surface area contributed by atoms with E-state index in [1.54, 1.807) is 0 Å². The van der Waals surface area contributed by atoms with Gasteiger partial charge in [0.15, 0.2) is 0 Å². The van der Waals surface area contributed by atoms with Gasteiger partial charge in [0.25, 0.3) is 0 Å². The predicted octanol–water partition coefficient (Wildman–Crippen LogP) is -1.69. The van der Waals surface area contributed by atoms with Gasteiger partial charge < -0.3 is 24.5 Å². The van der Waals surface area contributed by atoms with Gasteiger partial charge in [-0.3, -0.25) is 0 Å². The van der Waals surface area contributed by atoms with Crippen LogP contribution >= 0.6 is 0 Å². The Morgan fingerprint density at radius 1 is 1.00 bits per heavy atom. The molecule has 0 N–H and O–H groups in total. The highest BCUT2D eigenvalue weighted by atomic mass is 16.5. The highest BCUT2D eigenvalue weighted by Crippen LogP contribution is 1.81. The summed E-state index contributed by atoms with van der Waals surface area (Å²) in [7, 11) is 0. The lowest BCUT2D eigenvalue weighted by Crippen LogP contribution is -2.27. The fraction of sp³-hybridized carbons (Fsp3) is 0.750. The lowest BCUT2D eigenvalue weighted by molar-refractivity contribution is -0.315. The van der Waals surface area contributed by atoms with E-state index in [0.717, 1.165) is 13.2 Å². The number of carbonyl (C=O) groups is 2. The third kappa shape index (κ3) is 24.8. The second kappa shape index (κ2) is 10.9. The van der Waals surface area contributed by atoms with Crippen LogP contribution in [0.15, 0.2) is 0 Å². The molecule has 78 valence electrons. The molecule has 0 fully saturated rings. The lowest BCUT2D eigenvalue weighted by atomic mass is 10.3. The average molecular weight is 190 g/mol. The van der Waals surface area contributed by atoms with E-state index in [0.29, 0.717) is 0 Å². The van der Waals surface area contributed by atoms with Gasteiger partial charge in [-0.1, -0.05) is 0 Å². The highest BCUT2D eigenvalue weighted by Gasteiger charge is 1.85. The zero-order valence-corrected chi connectivity index (χ0v) is 7.87. The number of ether oxygens (including phenoxy) is 1. The zero-order chi connectivity index (χ0) is 10.7. The summed E-state index contributed by atoms with van der Waals surface area (Å²) in [4.78, 5) is 19.0. The first kappa shape index (κ1) is 14.4. The Bertz CT molecular complexity index is 127. The largest absolute Gasteiger partial charge is 0.550 e. The Hall–Kier alpha value is -1.10. The van der Waals surface area contributed by atoms with Crippen molar-refractivity contribution in [2.75, 3.05) is 13.2 Å². The Balaban J connectivity index is 0. The Kier molecular flexibility index (Phi) is 12.1. The molecule has 0 saturated heterocycles. The summed E-state index contributed by atoms with van der Waals surface area (Å²) in [5.74, 6) is -2.73. The van der Waals surface area contributed by atoms with Crippen molar-refractivity contribution in [1.29, 1.82) is 0 Å². The van der Waals surface area contributed by atoms with Crippen LogP contribution in [0.3, 0.4) is 0 Å². The van der Waals surface area contributed by atoms with E-state index in [2.05, 4.69) is 0 Å². The number of hydrogen-bond acceptors (Lipinski definition) is 5. The molecule has 5 nitrogen and oxygen atoms in total. The molecule has 0 aromatic carbocycles. The van der Waals surface area contributed by atoms with E-state index < -0.39 is 24.8 Å². The molecule has 0 spiro atoms. The molecule has 0 aromatic heterocycles. The Morgan fingerprint density at radius 2 is 1.31 bits per heavy atom. The summed E-state index contributed by atoms with van der Waals surface area (Å²) in [6, 6.07) is 0. The number of carboxylic acids is 2. The summed E-state index contributed by atoms with van der Waals surface area (Å²) in [6.45, 7) is 5.67.